The summed E-state index contributed by atoms with van der Waals surface area (Å²) >= 11 is 0. The molecule has 142 valence electrons. The van der Waals surface area contributed by atoms with E-state index in [4.69, 9.17) is 4.99 Å². The average molecular weight is 458 g/mol. The van der Waals surface area contributed by atoms with Gasteiger partial charge in [-0.1, -0.05) is 44.3 Å². The van der Waals surface area contributed by atoms with Crippen LogP contribution in [0, 0.1) is 11.8 Å². The predicted octanol–water partition coefficient (Wildman–Crippen LogP) is 3.48. The predicted molar refractivity (Wildman–Crippen MR) is 116 cm³/mol. The number of nitrogens with one attached hydrogen (secondary N) is 1. The van der Waals surface area contributed by atoms with Gasteiger partial charge in [-0.05, 0) is 31.6 Å². The number of nitrogens with zero attached hydrogens (tertiary/aromatic N) is 3. The molecule has 0 aromatic carbocycles. The third-order valence-corrected chi connectivity index (χ3v) is 6.54. The minimum Gasteiger partial charge on any atom is -0.353 e. The molecule has 2 aliphatic carbocycles. The van der Waals surface area contributed by atoms with Gasteiger partial charge in [-0.25, -0.2) is 0 Å². The van der Waals surface area contributed by atoms with Gasteiger partial charge in [-0.15, -0.1) is 24.0 Å². The number of rotatable bonds is 4. The van der Waals surface area contributed by atoms with E-state index in [2.05, 4.69) is 34.2 Å². The van der Waals surface area contributed by atoms with Gasteiger partial charge in [0, 0.05) is 44.8 Å². The zero-order valence-electron chi connectivity index (χ0n) is 15.7. The van der Waals surface area contributed by atoms with Crippen LogP contribution in [0.3, 0.4) is 0 Å². The first-order valence-corrected chi connectivity index (χ1v) is 10.3. The summed E-state index contributed by atoms with van der Waals surface area (Å²) in [5.74, 6) is 3.10. The van der Waals surface area contributed by atoms with Gasteiger partial charge in [0.05, 0.1) is 0 Å². The first-order valence-electron chi connectivity index (χ1n) is 10.3. The van der Waals surface area contributed by atoms with E-state index >= 15 is 0 Å². The van der Waals surface area contributed by atoms with Crippen LogP contribution in [0.1, 0.15) is 51.9 Å². The summed E-state index contributed by atoms with van der Waals surface area (Å²) < 4.78 is 0. The molecular formula is C20H35IN4. The molecule has 1 saturated heterocycles. The standard InChI is InChI=1S/C20H34N4.HI/c1-2-21-20(22-19-14-18(19)16-8-4-3-5-9-16)24-13-10-17(15-24)23-11-6-7-12-23;/h6-7,16-19H,2-5,8-15H2,1H3,(H,21,22);1H. The van der Waals surface area contributed by atoms with E-state index < -0.39 is 0 Å². The Morgan fingerprint density at radius 1 is 1.12 bits per heavy atom. The average Bonchev–Trinajstić information content (AvgIpc) is 3.04. The van der Waals surface area contributed by atoms with Crippen molar-refractivity contribution >= 4 is 29.9 Å². The quantitative estimate of drug-likeness (QED) is 0.303. The van der Waals surface area contributed by atoms with Crippen LogP contribution in [0.15, 0.2) is 17.1 Å². The SMILES string of the molecule is CCN=C(NC1CC1C1CCCCC1)N1CCC(N2CC=CC2)C1.I. The number of hydrogen-bond donors (Lipinski definition) is 1. The highest BCUT2D eigenvalue weighted by molar-refractivity contribution is 14.0. The molecule has 3 unspecified atom stereocenters. The van der Waals surface area contributed by atoms with Crippen molar-refractivity contribution in [3.8, 4) is 0 Å². The summed E-state index contributed by atoms with van der Waals surface area (Å²) in [5, 5.41) is 3.83. The van der Waals surface area contributed by atoms with Crippen LogP contribution in [0.4, 0.5) is 0 Å². The van der Waals surface area contributed by atoms with E-state index in [-0.39, 0.29) is 24.0 Å². The topological polar surface area (TPSA) is 30.9 Å². The van der Waals surface area contributed by atoms with E-state index in [0.29, 0.717) is 12.1 Å². The number of aliphatic imine (C=N–C) groups is 1. The minimum atomic E-state index is 0. The van der Waals surface area contributed by atoms with Gasteiger partial charge in [0.1, 0.15) is 0 Å². The molecule has 2 aliphatic heterocycles. The maximum absolute atomic E-state index is 4.82. The number of guanidine groups is 1. The Balaban J connectivity index is 0.00000182. The van der Waals surface area contributed by atoms with Crippen molar-refractivity contribution in [3.05, 3.63) is 12.2 Å². The van der Waals surface area contributed by atoms with E-state index in [9.17, 15) is 0 Å². The summed E-state index contributed by atoms with van der Waals surface area (Å²) in [5.41, 5.74) is 0. The molecule has 0 amide bonds. The van der Waals surface area contributed by atoms with Crippen molar-refractivity contribution in [2.45, 2.75) is 64.0 Å². The van der Waals surface area contributed by atoms with Crippen LogP contribution in [0.2, 0.25) is 0 Å². The lowest BCUT2D eigenvalue weighted by Gasteiger charge is -2.26. The minimum absolute atomic E-state index is 0. The fraction of sp³-hybridized carbons (Fsp3) is 0.850. The first-order chi connectivity index (χ1) is 11.8. The largest absolute Gasteiger partial charge is 0.353 e. The second-order valence-corrected chi connectivity index (χ2v) is 8.16. The van der Waals surface area contributed by atoms with Gasteiger partial charge < -0.3 is 10.2 Å². The molecule has 0 spiro atoms. The van der Waals surface area contributed by atoms with Gasteiger partial charge in [-0.2, -0.15) is 0 Å². The molecule has 2 heterocycles. The maximum atomic E-state index is 4.82. The Bertz CT molecular complexity index is 478. The summed E-state index contributed by atoms with van der Waals surface area (Å²) in [4.78, 5) is 9.94. The molecule has 3 atom stereocenters. The molecule has 1 N–H and O–H groups in total. The van der Waals surface area contributed by atoms with E-state index in [0.717, 1.165) is 44.6 Å². The van der Waals surface area contributed by atoms with Crippen molar-refractivity contribution in [2.24, 2.45) is 16.8 Å². The highest BCUT2D eigenvalue weighted by Crippen LogP contribution is 2.44. The van der Waals surface area contributed by atoms with Crippen molar-refractivity contribution in [1.82, 2.24) is 15.1 Å². The molecule has 2 saturated carbocycles. The number of likely N-dealkylation sites (tertiary alicyclic amines) is 1. The van der Waals surface area contributed by atoms with E-state index in [1.807, 2.05) is 0 Å². The second kappa shape index (κ2) is 9.07. The lowest BCUT2D eigenvalue weighted by molar-refractivity contribution is 0.259. The van der Waals surface area contributed by atoms with Crippen molar-refractivity contribution in [3.63, 3.8) is 0 Å². The highest BCUT2D eigenvalue weighted by atomic mass is 127. The lowest BCUT2D eigenvalue weighted by Crippen LogP contribution is -2.44. The van der Waals surface area contributed by atoms with Crippen molar-refractivity contribution in [2.75, 3.05) is 32.7 Å². The molecule has 4 nitrogen and oxygen atoms in total. The molecule has 0 aromatic heterocycles. The van der Waals surface area contributed by atoms with Crippen molar-refractivity contribution in [1.29, 1.82) is 0 Å². The van der Waals surface area contributed by atoms with Crippen LogP contribution in [-0.2, 0) is 0 Å². The molecule has 4 aliphatic rings. The van der Waals surface area contributed by atoms with Crippen molar-refractivity contribution < 1.29 is 0 Å². The second-order valence-electron chi connectivity index (χ2n) is 8.16. The van der Waals surface area contributed by atoms with Gasteiger partial charge in [0.2, 0.25) is 0 Å². The third-order valence-electron chi connectivity index (χ3n) is 6.54. The van der Waals surface area contributed by atoms with Gasteiger partial charge >= 0.3 is 0 Å². The van der Waals surface area contributed by atoms with E-state index in [1.165, 1.54) is 50.9 Å². The van der Waals surface area contributed by atoms with Crippen LogP contribution in [0.25, 0.3) is 0 Å². The Morgan fingerprint density at radius 3 is 2.60 bits per heavy atom. The fourth-order valence-corrected chi connectivity index (χ4v) is 5.04. The van der Waals surface area contributed by atoms with Gasteiger partial charge in [0.15, 0.2) is 5.96 Å². The zero-order valence-corrected chi connectivity index (χ0v) is 18.0. The molecule has 25 heavy (non-hydrogen) atoms. The highest BCUT2D eigenvalue weighted by Gasteiger charge is 2.44. The monoisotopic (exact) mass is 458 g/mol. The molecular weight excluding hydrogens is 423 g/mol. The van der Waals surface area contributed by atoms with Gasteiger partial charge in [-0.3, -0.25) is 9.89 Å². The smallest absolute Gasteiger partial charge is 0.194 e. The molecule has 0 aromatic rings. The summed E-state index contributed by atoms with van der Waals surface area (Å²) in [7, 11) is 0. The lowest BCUT2D eigenvalue weighted by atomic mass is 9.85. The van der Waals surface area contributed by atoms with Gasteiger partial charge in [0.25, 0.3) is 0 Å². The molecule has 0 radical (unpaired) electrons. The van der Waals surface area contributed by atoms with Crippen LogP contribution >= 0.6 is 24.0 Å². The summed E-state index contributed by atoms with van der Waals surface area (Å²) in [6.07, 6.45) is 14.6. The fourth-order valence-electron chi connectivity index (χ4n) is 5.04. The number of halogens is 1. The Hall–Kier alpha value is -0.300. The summed E-state index contributed by atoms with van der Waals surface area (Å²) in [6.45, 7) is 7.63. The molecule has 5 heteroatoms. The first kappa shape index (κ1) is 19.5. The third kappa shape index (κ3) is 4.71. The van der Waals surface area contributed by atoms with Crippen LogP contribution in [-0.4, -0.2) is 60.6 Å². The molecule has 0 bridgehead atoms. The molecule has 4 rings (SSSR count). The maximum Gasteiger partial charge on any atom is 0.194 e. The van der Waals surface area contributed by atoms with Crippen LogP contribution in [0.5, 0.6) is 0 Å². The zero-order chi connectivity index (χ0) is 16.4. The molecule has 3 fully saturated rings. The number of hydrogen-bond acceptors (Lipinski definition) is 2. The summed E-state index contributed by atoms with van der Waals surface area (Å²) in [6, 6.07) is 1.41. The Labute approximate surface area is 170 Å². The van der Waals surface area contributed by atoms with Crippen LogP contribution < -0.4 is 5.32 Å². The van der Waals surface area contributed by atoms with E-state index in [1.54, 1.807) is 0 Å². The Morgan fingerprint density at radius 2 is 1.88 bits per heavy atom. The normalized spacial score (nSPS) is 33.6. The Kier molecular flexibility index (Phi) is 7.06.